The van der Waals surface area contributed by atoms with E-state index in [1.165, 1.54) is 0 Å². The maximum atomic E-state index is 11.9. The number of nitrogens with zero attached hydrogens (tertiary/aromatic N) is 2. The van der Waals surface area contributed by atoms with Crippen molar-refractivity contribution < 1.29 is 14.3 Å². The minimum absolute atomic E-state index is 0.0598. The summed E-state index contributed by atoms with van der Waals surface area (Å²) >= 11 is 0. The summed E-state index contributed by atoms with van der Waals surface area (Å²) in [5, 5.41) is 9.04. The maximum Gasteiger partial charge on any atom is 0.259 e. The van der Waals surface area contributed by atoms with Gasteiger partial charge in [0.05, 0.1) is 6.07 Å². The smallest absolute Gasteiger partial charge is 0.259 e. The predicted octanol–water partition coefficient (Wildman–Crippen LogP) is 0.451. The highest BCUT2D eigenvalue weighted by atomic mass is 16.5. The molecule has 0 saturated carbocycles. The molecular weight excluding hydrogens is 208 g/mol. The van der Waals surface area contributed by atoms with Crippen LogP contribution >= 0.6 is 0 Å². The highest BCUT2D eigenvalue weighted by molar-refractivity contribution is 6.03. The molecule has 2 fully saturated rings. The highest BCUT2D eigenvalue weighted by Gasteiger charge is 2.49. The van der Waals surface area contributed by atoms with E-state index < -0.39 is 18.2 Å². The fourth-order valence-corrected chi connectivity index (χ4v) is 2.20. The van der Waals surface area contributed by atoms with Crippen LogP contribution in [0.2, 0.25) is 0 Å². The van der Waals surface area contributed by atoms with E-state index in [2.05, 4.69) is 0 Å². The molecule has 0 N–H and O–H groups in total. The molecule has 0 aliphatic carbocycles. The van der Waals surface area contributed by atoms with Gasteiger partial charge in [-0.05, 0) is 18.8 Å². The number of amides is 2. The van der Waals surface area contributed by atoms with Crippen LogP contribution < -0.4 is 0 Å². The number of imide groups is 1. The third kappa shape index (κ3) is 1.50. The van der Waals surface area contributed by atoms with E-state index in [0.717, 1.165) is 4.90 Å². The summed E-state index contributed by atoms with van der Waals surface area (Å²) in [4.78, 5) is 25.0. The van der Waals surface area contributed by atoms with Crippen LogP contribution in [-0.4, -0.2) is 35.0 Å². The van der Waals surface area contributed by atoms with E-state index in [9.17, 15) is 9.59 Å². The second kappa shape index (κ2) is 3.87. The minimum atomic E-state index is -0.674. The lowest BCUT2D eigenvalue weighted by Gasteiger charge is -2.34. The Labute approximate surface area is 94.0 Å². The van der Waals surface area contributed by atoms with Gasteiger partial charge in [-0.15, -0.1) is 0 Å². The summed E-state index contributed by atoms with van der Waals surface area (Å²) < 4.78 is 5.28. The highest BCUT2D eigenvalue weighted by Crippen LogP contribution is 2.30. The molecule has 2 bridgehead atoms. The average Bonchev–Trinajstić information content (AvgIpc) is 2.67. The van der Waals surface area contributed by atoms with Crippen LogP contribution in [0.4, 0.5) is 0 Å². The SMILES string of the molecule is CC(C)C(C#N)N1C(=O)C2CCC(O2)C1=O. The second-order valence-electron chi connectivity index (χ2n) is 4.56. The Kier molecular flexibility index (Phi) is 2.68. The molecule has 0 radical (unpaired) electrons. The number of carbonyl (C=O) groups excluding carboxylic acids is 2. The largest absolute Gasteiger partial charge is 0.355 e. The summed E-state index contributed by atoms with van der Waals surface area (Å²) in [6.07, 6.45) is 0.138. The Morgan fingerprint density at radius 1 is 1.31 bits per heavy atom. The first-order chi connectivity index (χ1) is 7.56. The molecule has 5 heteroatoms. The van der Waals surface area contributed by atoms with Crippen molar-refractivity contribution in [2.45, 2.75) is 44.9 Å². The van der Waals surface area contributed by atoms with Crippen LogP contribution in [0.15, 0.2) is 0 Å². The van der Waals surface area contributed by atoms with Gasteiger partial charge >= 0.3 is 0 Å². The molecule has 2 aliphatic heterocycles. The van der Waals surface area contributed by atoms with Crippen LogP contribution in [0.25, 0.3) is 0 Å². The summed E-state index contributed by atoms with van der Waals surface area (Å²) in [5.41, 5.74) is 0. The molecule has 16 heavy (non-hydrogen) atoms. The first-order valence-electron chi connectivity index (χ1n) is 5.48. The van der Waals surface area contributed by atoms with Crippen molar-refractivity contribution in [2.75, 3.05) is 0 Å². The van der Waals surface area contributed by atoms with Crippen molar-refractivity contribution in [3.63, 3.8) is 0 Å². The van der Waals surface area contributed by atoms with E-state index in [-0.39, 0.29) is 17.7 Å². The summed E-state index contributed by atoms with van der Waals surface area (Å²) in [6, 6.07) is 1.36. The van der Waals surface area contributed by atoms with Crippen molar-refractivity contribution in [3.8, 4) is 6.07 Å². The first kappa shape index (κ1) is 11.1. The number of rotatable bonds is 2. The van der Waals surface area contributed by atoms with Crippen molar-refractivity contribution >= 4 is 11.8 Å². The van der Waals surface area contributed by atoms with Crippen molar-refractivity contribution in [1.29, 1.82) is 5.26 Å². The van der Waals surface area contributed by atoms with Crippen molar-refractivity contribution in [2.24, 2.45) is 5.92 Å². The molecule has 2 aliphatic rings. The van der Waals surface area contributed by atoms with E-state index in [1.807, 2.05) is 19.9 Å². The van der Waals surface area contributed by atoms with Gasteiger partial charge in [0.1, 0.15) is 18.2 Å². The van der Waals surface area contributed by atoms with Gasteiger partial charge in [-0.25, -0.2) is 0 Å². The second-order valence-corrected chi connectivity index (χ2v) is 4.56. The molecule has 2 saturated heterocycles. The van der Waals surface area contributed by atoms with Gasteiger partial charge < -0.3 is 4.74 Å². The lowest BCUT2D eigenvalue weighted by Crippen LogP contribution is -2.56. The molecule has 3 atom stereocenters. The van der Waals surface area contributed by atoms with E-state index in [1.54, 1.807) is 0 Å². The topological polar surface area (TPSA) is 70.4 Å². The summed E-state index contributed by atoms with van der Waals surface area (Å²) in [7, 11) is 0. The van der Waals surface area contributed by atoms with E-state index in [4.69, 9.17) is 10.00 Å². The van der Waals surface area contributed by atoms with E-state index in [0.29, 0.717) is 12.8 Å². The van der Waals surface area contributed by atoms with Gasteiger partial charge in [-0.3, -0.25) is 14.5 Å². The van der Waals surface area contributed by atoms with E-state index >= 15 is 0 Å². The van der Waals surface area contributed by atoms with Crippen LogP contribution in [-0.2, 0) is 14.3 Å². The summed E-state index contributed by atoms with van der Waals surface area (Å²) in [6.45, 7) is 3.65. The number of hydrogen-bond donors (Lipinski definition) is 0. The maximum absolute atomic E-state index is 11.9. The van der Waals surface area contributed by atoms with Gasteiger partial charge in [0.15, 0.2) is 0 Å². The van der Waals surface area contributed by atoms with Gasteiger partial charge in [-0.1, -0.05) is 13.8 Å². The lowest BCUT2D eigenvalue weighted by atomic mass is 10.0. The number of carbonyl (C=O) groups is 2. The zero-order valence-corrected chi connectivity index (χ0v) is 9.34. The average molecular weight is 222 g/mol. The fraction of sp³-hybridized carbons (Fsp3) is 0.727. The molecule has 3 unspecified atom stereocenters. The van der Waals surface area contributed by atoms with Gasteiger partial charge in [0.2, 0.25) is 0 Å². The molecular formula is C11H14N2O3. The lowest BCUT2D eigenvalue weighted by molar-refractivity contribution is -0.171. The Balaban J connectivity index is 2.30. The molecule has 0 spiro atoms. The number of morpholine rings is 1. The quantitative estimate of drug-likeness (QED) is 0.636. The Morgan fingerprint density at radius 2 is 1.81 bits per heavy atom. The Morgan fingerprint density at radius 3 is 2.19 bits per heavy atom. The molecule has 2 heterocycles. The number of ether oxygens (including phenoxy) is 1. The van der Waals surface area contributed by atoms with Gasteiger partial charge in [0.25, 0.3) is 11.8 Å². The molecule has 2 amide bonds. The van der Waals surface area contributed by atoms with Gasteiger partial charge in [0, 0.05) is 0 Å². The molecule has 0 aromatic heterocycles. The number of likely N-dealkylation sites (tertiary alicyclic amines) is 1. The normalized spacial score (nSPS) is 30.8. The third-order valence-electron chi connectivity index (χ3n) is 3.09. The third-order valence-corrected chi connectivity index (χ3v) is 3.09. The van der Waals surface area contributed by atoms with Crippen LogP contribution in [0.5, 0.6) is 0 Å². The monoisotopic (exact) mass is 222 g/mol. The zero-order valence-electron chi connectivity index (χ0n) is 9.34. The molecule has 0 aromatic carbocycles. The first-order valence-corrected chi connectivity index (χ1v) is 5.48. The molecule has 86 valence electrons. The van der Waals surface area contributed by atoms with Crippen molar-refractivity contribution in [1.82, 2.24) is 4.90 Å². The fourth-order valence-electron chi connectivity index (χ4n) is 2.20. The number of fused-ring (bicyclic) bond motifs is 2. The molecule has 2 rings (SSSR count). The van der Waals surface area contributed by atoms with Crippen LogP contribution in [0.1, 0.15) is 26.7 Å². The number of hydrogen-bond acceptors (Lipinski definition) is 4. The van der Waals surface area contributed by atoms with Crippen molar-refractivity contribution in [3.05, 3.63) is 0 Å². The Hall–Kier alpha value is -1.41. The van der Waals surface area contributed by atoms with Crippen LogP contribution in [0, 0.1) is 17.2 Å². The minimum Gasteiger partial charge on any atom is -0.355 e. The Bertz CT molecular complexity index is 350. The summed E-state index contributed by atoms with van der Waals surface area (Å²) in [5.74, 6) is -0.756. The molecule has 0 aromatic rings. The number of nitriles is 1. The zero-order chi connectivity index (χ0) is 11.9. The van der Waals surface area contributed by atoms with Crippen LogP contribution in [0.3, 0.4) is 0 Å². The molecule has 5 nitrogen and oxygen atoms in total. The standard InChI is InChI=1S/C11H14N2O3/c1-6(2)7(5-12)13-10(14)8-3-4-9(16-8)11(13)15/h6-9H,3-4H2,1-2H3. The van der Waals surface area contributed by atoms with Gasteiger partial charge in [-0.2, -0.15) is 5.26 Å². The predicted molar refractivity (Wildman–Crippen MR) is 54.0 cm³/mol.